The highest BCUT2D eigenvalue weighted by Gasteiger charge is 2.14. The van der Waals surface area contributed by atoms with Crippen molar-refractivity contribution in [2.45, 2.75) is 18.7 Å². The first-order chi connectivity index (χ1) is 12.9. The SMILES string of the molecule is COc1ccc2cc(S(=O)(=O)NCCOc3cc(C)ccc3C)ccc2c1. The molecular formula is C21H23NO4S. The molecule has 0 bridgehead atoms. The fraction of sp³-hybridized carbons (Fsp3) is 0.238. The number of aryl methyl sites for hydroxylation is 2. The van der Waals surface area contributed by atoms with E-state index in [-0.39, 0.29) is 18.0 Å². The molecular weight excluding hydrogens is 362 g/mol. The molecule has 0 atom stereocenters. The van der Waals surface area contributed by atoms with Gasteiger partial charge >= 0.3 is 0 Å². The largest absolute Gasteiger partial charge is 0.497 e. The van der Waals surface area contributed by atoms with Crippen molar-refractivity contribution >= 4 is 20.8 Å². The van der Waals surface area contributed by atoms with Crippen molar-refractivity contribution in [3.8, 4) is 11.5 Å². The second-order valence-electron chi connectivity index (χ2n) is 6.39. The Morgan fingerprint density at radius 3 is 2.44 bits per heavy atom. The summed E-state index contributed by atoms with van der Waals surface area (Å²) in [5.41, 5.74) is 2.12. The Morgan fingerprint density at radius 2 is 1.67 bits per heavy atom. The second-order valence-corrected chi connectivity index (χ2v) is 8.16. The number of benzene rings is 3. The molecule has 3 rings (SSSR count). The van der Waals surface area contributed by atoms with Crippen molar-refractivity contribution in [1.29, 1.82) is 0 Å². The van der Waals surface area contributed by atoms with Crippen LogP contribution in [0.5, 0.6) is 11.5 Å². The van der Waals surface area contributed by atoms with Gasteiger partial charge in [0, 0.05) is 6.54 Å². The zero-order valence-electron chi connectivity index (χ0n) is 15.7. The van der Waals surface area contributed by atoms with Crippen LogP contribution in [0.15, 0.2) is 59.5 Å². The van der Waals surface area contributed by atoms with Crippen molar-refractivity contribution < 1.29 is 17.9 Å². The van der Waals surface area contributed by atoms with Crippen molar-refractivity contribution in [3.05, 3.63) is 65.7 Å². The first-order valence-corrected chi connectivity index (χ1v) is 10.1. The fourth-order valence-corrected chi connectivity index (χ4v) is 3.83. The van der Waals surface area contributed by atoms with Crippen LogP contribution in [0, 0.1) is 13.8 Å². The van der Waals surface area contributed by atoms with E-state index >= 15 is 0 Å². The lowest BCUT2D eigenvalue weighted by atomic mass is 10.1. The maximum Gasteiger partial charge on any atom is 0.240 e. The van der Waals surface area contributed by atoms with Gasteiger partial charge in [0.25, 0.3) is 0 Å². The molecule has 0 saturated heterocycles. The Morgan fingerprint density at radius 1 is 0.926 bits per heavy atom. The molecule has 27 heavy (non-hydrogen) atoms. The predicted octanol–water partition coefficient (Wildman–Crippen LogP) is 3.82. The summed E-state index contributed by atoms with van der Waals surface area (Å²) in [6.45, 7) is 4.40. The Kier molecular flexibility index (Phi) is 5.68. The van der Waals surface area contributed by atoms with E-state index in [0.29, 0.717) is 0 Å². The van der Waals surface area contributed by atoms with E-state index < -0.39 is 10.0 Å². The quantitative estimate of drug-likeness (QED) is 0.628. The highest BCUT2D eigenvalue weighted by molar-refractivity contribution is 7.89. The van der Waals surface area contributed by atoms with Gasteiger partial charge in [0.2, 0.25) is 10.0 Å². The van der Waals surface area contributed by atoms with Gasteiger partial charge < -0.3 is 9.47 Å². The molecule has 0 spiro atoms. The van der Waals surface area contributed by atoms with Crippen LogP contribution >= 0.6 is 0 Å². The maximum absolute atomic E-state index is 12.5. The van der Waals surface area contributed by atoms with Gasteiger partial charge in [-0.05, 0) is 66.1 Å². The number of sulfonamides is 1. The minimum Gasteiger partial charge on any atom is -0.497 e. The summed E-state index contributed by atoms with van der Waals surface area (Å²) in [6.07, 6.45) is 0. The number of nitrogens with one attached hydrogen (secondary N) is 1. The van der Waals surface area contributed by atoms with Gasteiger partial charge in [0.15, 0.2) is 0 Å². The van der Waals surface area contributed by atoms with Gasteiger partial charge in [-0.2, -0.15) is 0 Å². The predicted molar refractivity (Wildman–Crippen MR) is 107 cm³/mol. The number of ether oxygens (including phenoxy) is 2. The lowest BCUT2D eigenvalue weighted by Gasteiger charge is -2.11. The molecule has 0 saturated carbocycles. The molecule has 5 nitrogen and oxygen atoms in total. The third kappa shape index (κ3) is 4.59. The van der Waals surface area contributed by atoms with Crippen LogP contribution in [-0.4, -0.2) is 28.7 Å². The zero-order valence-corrected chi connectivity index (χ0v) is 16.5. The normalized spacial score (nSPS) is 11.5. The third-order valence-corrected chi connectivity index (χ3v) is 5.78. The van der Waals surface area contributed by atoms with Gasteiger partial charge in [0.1, 0.15) is 18.1 Å². The van der Waals surface area contributed by atoms with E-state index in [0.717, 1.165) is 33.4 Å². The molecule has 0 fully saturated rings. The van der Waals surface area contributed by atoms with Crippen LogP contribution in [-0.2, 0) is 10.0 Å². The van der Waals surface area contributed by atoms with Crippen LogP contribution in [0.3, 0.4) is 0 Å². The third-order valence-electron chi connectivity index (χ3n) is 4.32. The zero-order chi connectivity index (χ0) is 19.4. The van der Waals surface area contributed by atoms with Crippen LogP contribution in [0.25, 0.3) is 10.8 Å². The lowest BCUT2D eigenvalue weighted by Crippen LogP contribution is -2.28. The van der Waals surface area contributed by atoms with Crippen molar-refractivity contribution in [3.63, 3.8) is 0 Å². The standard InChI is InChI=1S/C21H23NO4S/c1-15-4-5-16(2)21(12-15)26-11-10-22-27(23,24)20-9-7-17-13-19(25-3)8-6-18(17)14-20/h4-9,12-14,22H,10-11H2,1-3H3. The molecule has 0 aromatic heterocycles. The van der Waals surface area contributed by atoms with E-state index in [1.54, 1.807) is 25.3 Å². The van der Waals surface area contributed by atoms with E-state index in [2.05, 4.69) is 4.72 Å². The Bertz CT molecular complexity index is 1060. The molecule has 1 N–H and O–H groups in total. The number of hydrogen-bond donors (Lipinski definition) is 1. The van der Waals surface area contributed by atoms with Gasteiger partial charge in [0.05, 0.1) is 12.0 Å². The molecule has 0 heterocycles. The highest BCUT2D eigenvalue weighted by atomic mass is 32.2. The van der Waals surface area contributed by atoms with Crippen LogP contribution < -0.4 is 14.2 Å². The van der Waals surface area contributed by atoms with Gasteiger partial charge in [-0.25, -0.2) is 13.1 Å². The molecule has 3 aromatic rings. The second kappa shape index (κ2) is 7.98. The van der Waals surface area contributed by atoms with Crippen molar-refractivity contribution in [2.24, 2.45) is 0 Å². The number of fused-ring (bicyclic) bond motifs is 1. The smallest absolute Gasteiger partial charge is 0.240 e. The summed E-state index contributed by atoms with van der Waals surface area (Å²) in [4.78, 5) is 0.229. The molecule has 0 radical (unpaired) electrons. The lowest BCUT2D eigenvalue weighted by molar-refractivity contribution is 0.320. The summed E-state index contributed by atoms with van der Waals surface area (Å²) in [6, 6.07) is 16.5. The van der Waals surface area contributed by atoms with E-state index in [1.165, 1.54) is 0 Å². The van der Waals surface area contributed by atoms with Gasteiger partial charge in [-0.3, -0.25) is 0 Å². The van der Waals surface area contributed by atoms with Gasteiger partial charge in [-0.15, -0.1) is 0 Å². The molecule has 3 aromatic carbocycles. The molecule has 6 heteroatoms. The maximum atomic E-state index is 12.5. The molecule has 142 valence electrons. The van der Waals surface area contributed by atoms with E-state index in [9.17, 15) is 8.42 Å². The Hall–Kier alpha value is -2.57. The number of hydrogen-bond acceptors (Lipinski definition) is 4. The summed E-state index contributed by atoms with van der Waals surface area (Å²) < 4.78 is 38.6. The highest BCUT2D eigenvalue weighted by Crippen LogP contribution is 2.23. The first-order valence-electron chi connectivity index (χ1n) is 8.66. The molecule has 0 aliphatic heterocycles. The Labute approximate surface area is 160 Å². The average molecular weight is 385 g/mol. The van der Waals surface area contributed by atoms with Crippen LogP contribution in [0.1, 0.15) is 11.1 Å². The summed E-state index contributed by atoms with van der Waals surface area (Å²) in [5, 5.41) is 1.76. The average Bonchev–Trinajstić information content (AvgIpc) is 2.66. The summed E-state index contributed by atoms with van der Waals surface area (Å²) in [7, 11) is -2.00. The van der Waals surface area contributed by atoms with Crippen molar-refractivity contribution in [1.82, 2.24) is 4.72 Å². The van der Waals surface area contributed by atoms with Gasteiger partial charge in [-0.1, -0.05) is 24.3 Å². The molecule has 0 aliphatic rings. The molecule has 0 amide bonds. The van der Waals surface area contributed by atoms with E-state index in [1.807, 2.05) is 50.2 Å². The summed E-state index contributed by atoms with van der Waals surface area (Å²) >= 11 is 0. The molecule has 0 unspecified atom stereocenters. The van der Waals surface area contributed by atoms with E-state index in [4.69, 9.17) is 9.47 Å². The topological polar surface area (TPSA) is 64.6 Å². The number of rotatable bonds is 7. The van der Waals surface area contributed by atoms with Crippen LogP contribution in [0.4, 0.5) is 0 Å². The summed E-state index contributed by atoms with van der Waals surface area (Å²) in [5.74, 6) is 1.51. The molecule has 0 aliphatic carbocycles. The van der Waals surface area contributed by atoms with Crippen molar-refractivity contribution in [2.75, 3.05) is 20.3 Å². The van der Waals surface area contributed by atoms with Crippen LogP contribution in [0.2, 0.25) is 0 Å². The minimum atomic E-state index is -3.60. The number of methoxy groups -OCH3 is 1. The fourth-order valence-electron chi connectivity index (χ4n) is 2.78. The monoisotopic (exact) mass is 385 g/mol. The minimum absolute atomic E-state index is 0.191. The Balaban J connectivity index is 1.66. The first kappa shape index (κ1) is 19.2.